The molecule has 16 heavy (non-hydrogen) atoms. The van der Waals surface area contributed by atoms with Crippen LogP contribution in [0.5, 0.6) is 0 Å². The van der Waals surface area contributed by atoms with E-state index in [-0.39, 0.29) is 16.1 Å². The molecule has 1 fully saturated rings. The van der Waals surface area contributed by atoms with Crippen LogP contribution in [0.15, 0.2) is 12.1 Å². The second-order valence-electron chi connectivity index (χ2n) is 4.10. The van der Waals surface area contributed by atoms with Gasteiger partial charge in [-0.05, 0) is 31.2 Å². The summed E-state index contributed by atoms with van der Waals surface area (Å²) in [6, 6.07) is 2.26. The Bertz CT molecular complexity index is 382. The van der Waals surface area contributed by atoms with Gasteiger partial charge in [-0.25, -0.2) is 8.78 Å². The second kappa shape index (κ2) is 4.13. The van der Waals surface area contributed by atoms with Crippen LogP contribution in [-0.2, 0) is 0 Å². The molecule has 1 aliphatic carbocycles. The Balaban J connectivity index is 2.09. The molecule has 1 aliphatic rings. The summed E-state index contributed by atoms with van der Waals surface area (Å²) in [5, 5.41) is 2.84. The molecule has 0 aliphatic heterocycles. The highest BCUT2D eigenvalue weighted by atomic mass is 32.2. The molecule has 0 heterocycles. The second-order valence-corrected chi connectivity index (χ2v) is 5.37. The van der Waals surface area contributed by atoms with Crippen molar-refractivity contribution in [2.45, 2.75) is 17.6 Å². The van der Waals surface area contributed by atoms with Crippen LogP contribution in [0.3, 0.4) is 0 Å². The first kappa shape index (κ1) is 11.5. The fourth-order valence-corrected chi connectivity index (χ4v) is 2.33. The maximum atomic E-state index is 13.4. The minimum Gasteiger partial charge on any atom is -0.399 e. The third-order valence-corrected chi connectivity index (χ3v) is 4.31. The van der Waals surface area contributed by atoms with Gasteiger partial charge in [0.05, 0.1) is 0 Å². The van der Waals surface area contributed by atoms with E-state index in [9.17, 15) is 8.78 Å². The van der Waals surface area contributed by atoms with Crippen LogP contribution in [0, 0.1) is 11.6 Å². The summed E-state index contributed by atoms with van der Waals surface area (Å²) in [6.07, 6.45) is 4.21. The van der Waals surface area contributed by atoms with Crippen molar-refractivity contribution in [1.29, 1.82) is 0 Å². The number of halogens is 2. The third-order valence-electron chi connectivity index (χ3n) is 2.89. The van der Waals surface area contributed by atoms with E-state index in [1.807, 2.05) is 6.26 Å². The lowest BCUT2D eigenvalue weighted by molar-refractivity contribution is 0.589. The third kappa shape index (κ3) is 2.24. The van der Waals surface area contributed by atoms with Gasteiger partial charge >= 0.3 is 0 Å². The van der Waals surface area contributed by atoms with Gasteiger partial charge in [0, 0.05) is 17.0 Å². The molecule has 0 atom stereocenters. The van der Waals surface area contributed by atoms with Crippen molar-refractivity contribution in [1.82, 2.24) is 0 Å². The number of hydrogen-bond acceptors (Lipinski definition) is 3. The molecule has 1 aromatic carbocycles. The van der Waals surface area contributed by atoms with Crippen molar-refractivity contribution in [3.63, 3.8) is 0 Å². The summed E-state index contributed by atoms with van der Waals surface area (Å²) < 4.78 is 27.0. The van der Waals surface area contributed by atoms with Gasteiger partial charge in [-0.2, -0.15) is 11.8 Å². The van der Waals surface area contributed by atoms with Crippen molar-refractivity contribution in [3.8, 4) is 0 Å². The maximum absolute atomic E-state index is 13.4. The number of rotatable bonds is 4. The molecule has 0 spiro atoms. The highest BCUT2D eigenvalue weighted by molar-refractivity contribution is 8.00. The van der Waals surface area contributed by atoms with E-state index in [0.717, 1.165) is 25.0 Å². The highest BCUT2D eigenvalue weighted by Gasteiger charge is 2.41. The average molecular weight is 244 g/mol. The standard InChI is InChI=1S/C11H14F2N2S/c1-16-11(2-3-11)6-15-10-8(12)4-7(14)5-9(10)13/h4-5,15H,2-3,6,14H2,1H3. The Morgan fingerprint density at radius 3 is 2.38 bits per heavy atom. The molecule has 2 rings (SSSR count). The number of benzene rings is 1. The molecule has 0 radical (unpaired) electrons. The largest absolute Gasteiger partial charge is 0.399 e. The van der Waals surface area contributed by atoms with Crippen molar-refractivity contribution < 1.29 is 8.78 Å². The number of nitrogen functional groups attached to an aromatic ring is 1. The van der Waals surface area contributed by atoms with Crippen LogP contribution < -0.4 is 11.1 Å². The van der Waals surface area contributed by atoms with Crippen molar-refractivity contribution >= 4 is 23.1 Å². The van der Waals surface area contributed by atoms with E-state index in [4.69, 9.17) is 5.73 Å². The Hall–Kier alpha value is -0.970. The van der Waals surface area contributed by atoms with Gasteiger partial charge in [-0.3, -0.25) is 0 Å². The van der Waals surface area contributed by atoms with Gasteiger partial charge in [0.15, 0.2) is 11.6 Å². The maximum Gasteiger partial charge on any atom is 0.151 e. The Kier molecular flexibility index (Phi) is 2.97. The summed E-state index contributed by atoms with van der Waals surface area (Å²) in [6.45, 7) is 0.589. The molecule has 5 heteroatoms. The van der Waals surface area contributed by atoms with Crippen molar-refractivity contribution in [2.75, 3.05) is 23.9 Å². The van der Waals surface area contributed by atoms with Crippen molar-refractivity contribution in [2.24, 2.45) is 0 Å². The molecule has 1 aromatic rings. The predicted octanol–water partition coefficient (Wildman–Crippen LogP) is 2.85. The Morgan fingerprint density at radius 1 is 1.38 bits per heavy atom. The molecule has 0 saturated heterocycles. The first-order valence-corrected chi connectivity index (χ1v) is 6.32. The minimum atomic E-state index is -0.630. The number of nitrogens with one attached hydrogen (secondary N) is 1. The quantitative estimate of drug-likeness (QED) is 0.800. The van der Waals surface area contributed by atoms with Gasteiger partial charge in [0.2, 0.25) is 0 Å². The number of thioether (sulfide) groups is 1. The molecule has 0 bridgehead atoms. The number of hydrogen-bond donors (Lipinski definition) is 2. The van der Waals surface area contributed by atoms with Gasteiger partial charge < -0.3 is 11.1 Å². The molecular formula is C11H14F2N2S. The molecule has 0 aromatic heterocycles. The summed E-state index contributed by atoms with van der Waals surface area (Å²) >= 11 is 1.74. The summed E-state index contributed by atoms with van der Waals surface area (Å²) in [7, 11) is 0. The van der Waals surface area contributed by atoms with Crippen LogP contribution >= 0.6 is 11.8 Å². The molecule has 0 unspecified atom stereocenters. The van der Waals surface area contributed by atoms with E-state index in [2.05, 4.69) is 5.32 Å². The van der Waals surface area contributed by atoms with Gasteiger partial charge in [0.1, 0.15) is 5.69 Å². The molecular weight excluding hydrogens is 230 g/mol. The molecule has 0 amide bonds. The fourth-order valence-electron chi connectivity index (χ4n) is 1.60. The average Bonchev–Trinajstić information content (AvgIpc) is 2.97. The van der Waals surface area contributed by atoms with Gasteiger partial charge in [-0.1, -0.05) is 0 Å². The number of nitrogens with two attached hydrogens (primary N) is 1. The monoisotopic (exact) mass is 244 g/mol. The number of anilines is 2. The fraction of sp³-hybridized carbons (Fsp3) is 0.455. The minimum absolute atomic E-state index is 0.0745. The van der Waals surface area contributed by atoms with Crippen molar-refractivity contribution in [3.05, 3.63) is 23.8 Å². The summed E-state index contributed by atoms with van der Waals surface area (Å²) in [5.74, 6) is -1.26. The zero-order valence-electron chi connectivity index (χ0n) is 9.02. The van der Waals surface area contributed by atoms with Crippen LogP contribution in [0.25, 0.3) is 0 Å². The topological polar surface area (TPSA) is 38.0 Å². The SMILES string of the molecule is CSC1(CNc2c(F)cc(N)cc2F)CC1. The lowest BCUT2D eigenvalue weighted by Gasteiger charge is -2.15. The summed E-state index contributed by atoms with van der Waals surface area (Å²) in [5.41, 5.74) is 5.37. The van der Waals surface area contributed by atoms with Gasteiger partial charge in [-0.15, -0.1) is 0 Å². The van der Waals surface area contributed by atoms with Crippen LogP contribution in [-0.4, -0.2) is 17.5 Å². The first-order chi connectivity index (χ1) is 7.56. The van der Waals surface area contributed by atoms with E-state index >= 15 is 0 Å². The van der Waals surface area contributed by atoms with E-state index in [1.54, 1.807) is 11.8 Å². The summed E-state index contributed by atoms with van der Waals surface area (Å²) in [4.78, 5) is 0. The first-order valence-electron chi connectivity index (χ1n) is 5.10. The van der Waals surface area contributed by atoms with Gasteiger partial charge in [0.25, 0.3) is 0 Å². The zero-order chi connectivity index (χ0) is 11.8. The van der Waals surface area contributed by atoms with Crippen LogP contribution in [0.4, 0.5) is 20.2 Å². The predicted molar refractivity (Wildman–Crippen MR) is 64.7 cm³/mol. The highest BCUT2D eigenvalue weighted by Crippen LogP contribution is 2.47. The molecule has 2 nitrogen and oxygen atoms in total. The van der Waals surface area contributed by atoms with E-state index in [0.29, 0.717) is 6.54 Å². The Morgan fingerprint density at radius 2 is 1.94 bits per heavy atom. The van der Waals surface area contributed by atoms with E-state index < -0.39 is 11.6 Å². The lowest BCUT2D eigenvalue weighted by Crippen LogP contribution is -2.18. The molecule has 1 saturated carbocycles. The molecule has 88 valence electrons. The zero-order valence-corrected chi connectivity index (χ0v) is 9.83. The van der Waals surface area contributed by atoms with Crippen LogP contribution in [0.2, 0.25) is 0 Å². The smallest absolute Gasteiger partial charge is 0.151 e. The normalized spacial score (nSPS) is 17.2. The molecule has 3 N–H and O–H groups in total. The lowest BCUT2D eigenvalue weighted by atomic mass is 10.2. The van der Waals surface area contributed by atoms with E-state index in [1.165, 1.54) is 0 Å². The Labute approximate surface area is 97.6 Å². The van der Waals surface area contributed by atoms with Crippen LogP contribution in [0.1, 0.15) is 12.8 Å².